The maximum absolute atomic E-state index is 12.2. The lowest BCUT2D eigenvalue weighted by atomic mass is 10.1. The maximum atomic E-state index is 12.2. The van der Waals surface area contributed by atoms with Crippen LogP contribution in [0, 0.1) is 0 Å². The molecule has 1 rings (SSSR count). The van der Waals surface area contributed by atoms with Gasteiger partial charge < -0.3 is 14.4 Å². The van der Waals surface area contributed by atoms with Gasteiger partial charge in [0.15, 0.2) is 6.04 Å². The molecule has 0 aromatic heterocycles. The third-order valence-electron chi connectivity index (χ3n) is 3.23. The second-order valence-electron chi connectivity index (χ2n) is 6.43. The van der Waals surface area contributed by atoms with Crippen molar-refractivity contribution in [3.63, 3.8) is 0 Å². The van der Waals surface area contributed by atoms with E-state index in [1.807, 2.05) is 0 Å². The molecular weight excluding hydrogens is 304 g/mol. The Hall–Kier alpha value is -2.12. The summed E-state index contributed by atoms with van der Waals surface area (Å²) < 4.78 is 10.0. The largest absolute Gasteiger partial charge is 0.467 e. The van der Waals surface area contributed by atoms with Crippen molar-refractivity contribution in [1.82, 2.24) is 9.80 Å². The highest BCUT2D eigenvalue weighted by molar-refractivity contribution is 5.97. The summed E-state index contributed by atoms with van der Waals surface area (Å²) in [6.07, 6.45) is -0.855. The van der Waals surface area contributed by atoms with Crippen LogP contribution in [0.15, 0.2) is 0 Å². The van der Waals surface area contributed by atoms with E-state index in [4.69, 9.17) is 9.47 Å². The van der Waals surface area contributed by atoms with Gasteiger partial charge in [-0.1, -0.05) is 0 Å². The normalized spacial score (nSPS) is 18.4. The minimum atomic E-state index is -0.945. The predicted molar refractivity (Wildman–Crippen MR) is 80.6 cm³/mol. The first-order valence-corrected chi connectivity index (χ1v) is 7.40. The standard InChI is InChI=1S/C15H24N2O6/c1-10(18)8-12(19)16-6-7-17(11(9-16)13(20)22-5)14(21)23-15(2,3)4/h11H,6-9H2,1-5H3/t11-/m0/s1. The molecule has 0 spiro atoms. The first-order chi connectivity index (χ1) is 10.5. The number of piperazine rings is 1. The van der Waals surface area contributed by atoms with Crippen molar-refractivity contribution in [2.45, 2.75) is 45.8 Å². The fourth-order valence-corrected chi connectivity index (χ4v) is 2.21. The van der Waals surface area contributed by atoms with Crippen molar-refractivity contribution in [3.8, 4) is 0 Å². The number of ketones is 1. The van der Waals surface area contributed by atoms with Gasteiger partial charge in [-0.3, -0.25) is 14.5 Å². The molecule has 0 aromatic rings. The molecule has 130 valence electrons. The van der Waals surface area contributed by atoms with E-state index in [0.29, 0.717) is 0 Å². The molecule has 0 aromatic carbocycles. The summed E-state index contributed by atoms with van der Waals surface area (Å²) in [5.41, 5.74) is -0.695. The Bertz CT molecular complexity index is 497. The first-order valence-electron chi connectivity index (χ1n) is 7.40. The molecular formula is C15H24N2O6. The molecule has 0 aliphatic carbocycles. The van der Waals surface area contributed by atoms with Crippen LogP contribution in [0.3, 0.4) is 0 Å². The Morgan fingerprint density at radius 1 is 1.13 bits per heavy atom. The summed E-state index contributed by atoms with van der Waals surface area (Å²) >= 11 is 0. The van der Waals surface area contributed by atoms with E-state index in [-0.39, 0.29) is 37.7 Å². The monoisotopic (exact) mass is 328 g/mol. The van der Waals surface area contributed by atoms with E-state index in [9.17, 15) is 19.2 Å². The average molecular weight is 328 g/mol. The molecule has 0 unspecified atom stereocenters. The second kappa shape index (κ2) is 7.43. The summed E-state index contributed by atoms with van der Waals surface area (Å²) in [6, 6.07) is -0.945. The van der Waals surface area contributed by atoms with Crippen LogP contribution in [0.5, 0.6) is 0 Å². The SMILES string of the molecule is COC(=O)[C@@H]1CN(C(=O)CC(C)=O)CCN1C(=O)OC(C)(C)C. The molecule has 2 amide bonds. The molecule has 1 atom stereocenters. The summed E-state index contributed by atoms with van der Waals surface area (Å²) in [6.45, 7) is 6.86. The van der Waals surface area contributed by atoms with Crippen LogP contribution in [0.25, 0.3) is 0 Å². The predicted octanol–water partition coefficient (Wildman–Crippen LogP) is 0.586. The smallest absolute Gasteiger partial charge is 0.411 e. The minimum absolute atomic E-state index is 0.0158. The summed E-state index contributed by atoms with van der Waals surface area (Å²) in [5, 5.41) is 0. The third-order valence-corrected chi connectivity index (χ3v) is 3.23. The van der Waals surface area contributed by atoms with Gasteiger partial charge in [0.2, 0.25) is 5.91 Å². The van der Waals surface area contributed by atoms with Crippen LogP contribution in [-0.2, 0) is 23.9 Å². The molecule has 0 bridgehead atoms. The van der Waals surface area contributed by atoms with Gasteiger partial charge in [0.05, 0.1) is 20.1 Å². The average Bonchev–Trinajstić information content (AvgIpc) is 2.43. The first kappa shape index (κ1) is 18.9. The van der Waals surface area contributed by atoms with Crippen molar-refractivity contribution in [3.05, 3.63) is 0 Å². The van der Waals surface area contributed by atoms with Gasteiger partial charge in [-0.05, 0) is 27.7 Å². The highest BCUT2D eigenvalue weighted by atomic mass is 16.6. The van der Waals surface area contributed by atoms with E-state index < -0.39 is 23.7 Å². The number of amides is 2. The van der Waals surface area contributed by atoms with Crippen molar-refractivity contribution in [1.29, 1.82) is 0 Å². The van der Waals surface area contributed by atoms with Gasteiger partial charge in [-0.15, -0.1) is 0 Å². The zero-order chi connectivity index (χ0) is 17.8. The maximum Gasteiger partial charge on any atom is 0.411 e. The van der Waals surface area contributed by atoms with Gasteiger partial charge >= 0.3 is 12.1 Å². The molecule has 8 nitrogen and oxygen atoms in total. The Morgan fingerprint density at radius 2 is 1.74 bits per heavy atom. The zero-order valence-corrected chi connectivity index (χ0v) is 14.2. The summed E-state index contributed by atoms with van der Waals surface area (Å²) in [4.78, 5) is 49.9. The van der Waals surface area contributed by atoms with Crippen LogP contribution in [-0.4, -0.2) is 71.9 Å². The van der Waals surface area contributed by atoms with Gasteiger partial charge in [-0.25, -0.2) is 9.59 Å². The van der Waals surface area contributed by atoms with Crippen LogP contribution in [0.1, 0.15) is 34.1 Å². The molecule has 23 heavy (non-hydrogen) atoms. The number of esters is 1. The third kappa shape index (κ3) is 5.54. The Morgan fingerprint density at radius 3 is 2.22 bits per heavy atom. The minimum Gasteiger partial charge on any atom is -0.467 e. The number of rotatable bonds is 3. The lowest BCUT2D eigenvalue weighted by Crippen LogP contribution is -2.60. The Labute approximate surface area is 135 Å². The van der Waals surface area contributed by atoms with E-state index in [2.05, 4.69) is 0 Å². The number of hydrogen-bond acceptors (Lipinski definition) is 6. The fourth-order valence-electron chi connectivity index (χ4n) is 2.21. The van der Waals surface area contributed by atoms with Crippen molar-refractivity contribution in [2.75, 3.05) is 26.7 Å². The van der Waals surface area contributed by atoms with E-state index in [1.165, 1.54) is 23.8 Å². The van der Waals surface area contributed by atoms with Crippen LogP contribution in [0.4, 0.5) is 4.79 Å². The number of Topliss-reactive ketones (excluding diaryl/α,β-unsaturated/α-hetero) is 1. The van der Waals surface area contributed by atoms with Crippen LogP contribution in [0.2, 0.25) is 0 Å². The number of hydrogen-bond donors (Lipinski definition) is 0. The van der Waals surface area contributed by atoms with Gasteiger partial charge in [0.1, 0.15) is 11.4 Å². The molecule has 8 heteroatoms. The van der Waals surface area contributed by atoms with Crippen LogP contribution >= 0.6 is 0 Å². The molecule has 0 radical (unpaired) electrons. The number of methoxy groups -OCH3 is 1. The fraction of sp³-hybridized carbons (Fsp3) is 0.733. The van der Waals surface area contributed by atoms with Gasteiger partial charge in [0, 0.05) is 13.1 Å². The van der Waals surface area contributed by atoms with E-state index in [1.54, 1.807) is 20.8 Å². The zero-order valence-electron chi connectivity index (χ0n) is 14.2. The Balaban J connectivity index is 2.86. The molecule has 1 aliphatic heterocycles. The molecule has 1 fully saturated rings. The molecule has 1 heterocycles. The second-order valence-corrected chi connectivity index (χ2v) is 6.43. The topological polar surface area (TPSA) is 93.2 Å². The number of carbonyl (C=O) groups is 4. The highest BCUT2D eigenvalue weighted by Gasteiger charge is 2.39. The van der Waals surface area contributed by atoms with Crippen molar-refractivity contribution in [2.24, 2.45) is 0 Å². The summed E-state index contributed by atoms with van der Waals surface area (Å²) in [5.74, 6) is -1.24. The molecule has 1 saturated heterocycles. The van der Waals surface area contributed by atoms with Gasteiger partial charge in [0.25, 0.3) is 0 Å². The number of carbonyl (C=O) groups excluding carboxylic acids is 4. The molecule has 1 aliphatic rings. The van der Waals surface area contributed by atoms with E-state index in [0.717, 1.165) is 0 Å². The summed E-state index contributed by atoms with van der Waals surface area (Å²) in [7, 11) is 1.21. The van der Waals surface area contributed by atoms with E-state index >= 15 is 0 Å². The quantitative estimate of drug-likeness (QED) is 0.556. The lowest BCUT2D eigenvalue weighted by Gasteiger charge is -2.40. The highest BCUT2D eigenvalue weighted by Crippen LogP contribution is 2.17. The number of nitrogens with zero attached hydrogens (tertiary/aromatic N) is 2. The van der Waals surface area contributed by atoms with Crippen molar-refractivity contribution < 1.29 is 28.7 Å². The molecule has 0 N–H and O–H groups in total. The van der Waals surface area contributed by atoms with Crippen molar-refractivity contribution >= 4 is 23.8 Å². The Kier molecular flexibility index (Phi) is 6.12. The number of ether oxygens (including phenoxy) is 2. The lowest BCUT2D eigenvalue weighted by molar-refractivity contribution is -0.151. The van der Waals surface area contributed by atoms with Gasteiger partial charge in [-0.2, -0.15) is 0 Å². The molecule has 0 saturated carbocycles. The van der Waals surface area contributed by atoms with Crippen LogP contribution < -0.4 is 0 Å².